The Kier molecular flexibility index (Phi) is 7.60. The van der Waals surface area contributed by atoms with Gasteiger partial charge in [0.15, 0.2) is 0 Å². The number of anilines is 1. The number of quaternary nitrogens is 1. The maximum atomic E-state index is 9.82. The van der Waals surface area contributed by atoms with Crippen molar-refractivity contribution in [1.82, 2.24) is 10.2 Å². The van der Waals surface area contributed by atoms with Crippen molar-refractivity contribution in [2.75, 3.05) is 25.1 Å². The number of benzene rings is 2. The van der Waals surface area contributed by atoms with Gasteiger partial charge in [0.05, 0.1) is 29.8 Å². The molecule has 2 aromatic carbocycles. The molecule has 2 heterocycles. The van der Waals surface area contributed by atoms with E-state index in [-0.39, 0.29) is 18.5 Å². The second kappa shape index (κ2) is 9.98. The van der Waals surface area contributed by atoms with Crippen LogP contribution in [0.5, 0.6) is 5.75 Å². The molecule has 1 saturated heterocycles. The van der Waals surface area contributed by atoms with Crippen LogP contribution in [0, 0.1) is 0 Å². The fraction of sp³-hybridized carbons (Fsp3) is 0.333. The zero-order chi connectivity index (χ0) is 20.4. The molecule has 0 amide bonds. The molecule has 0 atom stereocenters. The van der Waals surface area contributed by atoms with Crippen LogP contribution in [0.1, 0.15) is 18.4 Å². The van der Waals surface area contributed by atoms with Gasteiger partial charge in [-0.15, -0.1) is 0 Å². The third-order valence-electron chi connectivity index (χ3n) is 5.30. The molecule has 3 N–H and O–H groups in total. The minimum Gasteiger partial charge on any atom is -1.00 e. The van der Waals surface area contributed by atoms with E-state index >= 15 is 0 Å². The average molecular weight is 470 g/mol. The normalized spacial score (nSPS) is 14.6. The average Bonchev–Trinajstić information content (AvgIpc) is 2.72. The highest BCUT2D eigenvalue weighted by molar-refractivity contribution is 6.32. The number of nitrogens with two attached hydrogens (primary N) is 1. The number of halogens is 3. The van der Waals surface area contributed by atoms with Crippen LogP contribution in [-0.4, -0.2) is 41.6 Å². The van der Waals surface area contributed by atoms with Gasteiger partial charge in [0.2, 0.25) is 0 Å². The smallest absolute Gasteiger partial charge is 0.252 e. The van der Waals surface area contributed by atoms with Gasteiger partial charge < -0.3 is 27.2 Å². The summed E-state index contributed by atoms with van der Waals surface area (Å²) in [6.45, 7) is 2.25. The molecule has 1 fully saturated rings. The predicted molar refractivity (Wildman–Crippen MR) is 115 cm³/mol. The number of fused-ring (bicyclic) bond motifs is 1. The third kappa shape index (κ3) is 4.90. The lowest BCUT2D eigenvalue weighted by atomic mass is 10.0. The van der Waals surface area contributed by atoms with E-state index in [4.69, 9.17) is 27.9 Å². The Balaban J connectivity index is 0.00000256. The maximum absolute atomic E-state index is 9.82. The highest BCUT2D eigenvalue weighted by Gasteiger charge is 2.21. The minimum absolute atomic E-state index is 0. The molecule has 0 bridgehead atoms. The molecule has 160 valence electrons. The summed E-state index contributed by atoms with van der Waals surface area (Å²) < 4.78 is 5.21. The largest absolute Gasteiger partial charge is 1.00 e. The first-order valence-corrected chi connectivity index (χ1v) is 10.3. The van der Waals surface area contributed by atoms with Gasteiger partial charge in [-0.2, -0.15) is 5.10 Å². The van der Waals surface area contributed by atoms with Crippen molar-refractivity contribution in [1.29, 1.82) is 0 Å². The van der Waals surface area contributed by atoms with Gasteiger partial charge in [-0.1, -0.05) is 28.3 Å². The Hall–Kier alpha value is -1.83. The highest BCUT2D eigenvalue weighted by atomic mass is 35.5. The second-order valence-corrected chi connectivity index (χ2v) is 8.05. The summed E-state index contributed by atoms with van der Waals surface area (Å²) in [5, 5.41) is 23.6. The maximum Gasteiger partial charge on any atom is 0.252 e. The van der Waals surface area contributed by atoms with Crippen LogP contribution in [-0.2, 0) is 6.54 Å². The number of aliphatic hydroxyl groups is 1. The van der Waals surface area contributed by atoms with Gasteiger partial charge >= 0.3 is 0 Å². The molecule has 0 aliphatic carbocycles. The molecule has 1 aliphatic rings. The third-order valence-corrected chi connectivity index (χ3v) is 5.82. The lowest BCUT2D eigenvalue weighted by Gasteiger charge is -2.32. The van der Waals surface area contributed by atoms with Crippen molar-refractivity contribution in [3.63, 3.8) is 0 Å². The van der Waals surface area contributed by atoms with Crippen LogP contribution >= 0.6 is 23.2 Å². The number of ether oxygens (including phenoxy) is 1. The van der Waals surface area contributed by atoms with E-state index in [0.29, 0.717) is 22.3 Å². The SMILES string of the molecule is COc1ccc(C[NH2+]c2nncc3c(N4CCC(O)CC4)cc(Cl)cc23)cc1Cl.[Cl-]. The van der Waals surface area contributed by atoms with Crippen molar-refractivity contribution >= 4 is 45.5 Å². The first-order valence-electron chi connectivity index (χ1n) is 9.58. The predicted octanol–water partition coefficient (Wildman–Crippen LogP) is 0.305. The molecule has 30 heavy (non-hydrogen) atoms. The van der Waals surface area contributed by atoms with Crippen LogP contribution < -0.4 is 27.4 Å². The zero-order valence-electron chi connectivity index (χ0n) is 16.5. The van der Waals surface area contributed by atoms with E-state index in [1.165, 1.54) is 0 Å². The Morgan fingerprint density at radius 2 is 1.93 bits per heavy atom. The van der Waals surface area contributed by atoms with Gasteiger partial charge in [-0.3, -0.25) is 5.32 Å². The van der Waals surface area contributed by atoms with Crippen molar-refractivity contribution in [3.8, 4) is 5.75 Å². The van der Waals surface area contributed by atoms with E-state index in [9.17, 15) is 5.11 Å². The van der Waals surface area contributed by atoms with Crippen molar-refractivity contribution < 1.29 is 27.6 Å². The lowest BCUT2D eigenvalue weighted by molar-refractivity contribution is -0.591. The summed E-state index contributed by atoms with van der Waals surface area (Å²) in [6, 6.07) is 9.64. The Morgan fingerprint density at radius 3 is 2.63 bits per heavy atom. The lowest BCUT2D eigenvalue weighted by Crippen LogP contribution is -3.00. The zero-order valence-corrected chi connectivity index (χ0v) is 18.8. The number of nitrogens with zero attached hydrogens (tertiary/aromatic N) is 3. The molecule has 0 unspecified atom stereocenters. The summed E-state index contributed by atoms with van der Waals surface area (Å²) in [7, 11) is 1.60. The topological polar surface area (TPSA) is 75.1 Å². The molecular weight excluding hydrogens is 447 g/mol. The van der Waals surface area contributed by atoms with Crippen molar-refractivity contribution in [2.45, 2.75) is 25.5 Å². The van der Waals surface area contributed by atoms with Crippen LogP contribution in [0.25, 0.3) is 10.8 Å². The number of hydrogen-bond acceptors (Lipinski definition) is 5. The fourth-order valence-corrected chi connectivity index (χ4v) is 4.22. The first kappa shape index (κ1) is 22.8. The fourth-order valence-electron chi connectivity index (χ4n) is 3.72. The summed E-state index contributed by atoms with van der Waals surface area (Å²) in [4.78, 5) is 2.26. The molecule has 0 spiro atoms. The number of aromatic nitrogens is 2. The van der Waals surface area contributed by atoms with Crippen molar-refractivity contribution in [2.24, 2.45) is 0 Å². The van der Waals surface area contributed by atoms with Gasteiger partial charge in [0.25, 0.3) is 5.82 Å². The van der Waals surface area contributed by atoms with E-state index in [1.807, 2.05) is 35.6 Å². The Bertz CT molecular complexity index is 1030. The molecule has 1 aliphatic heterocycles. The van der Waals surface area contributed by atoms with E-state index < -0.39 is 0 Å². The van der Waals surface area contributed by atoms with E-state index in [2.05, 4.69) is 15.1 Å². The standard InChI is InChI=1S/C21H22Cl2N4O2.ClH/c1-29-20-3-2-13(8-18(20)23)11-24-21-16-9-14(22)10-19(17(16)12-25-26-21)27-6-4-15(28)5-7-27;/h2-3,8-10,12,15,28H,4-7,11H2,1H3,(H,24,26);1H. The van der Waals surface area contributed by atoms with E-state index in [1.54, 1.807) is 13.3 Å². The van der Waals surface area contributed by atoms with Gasteiger partial charge in [0.1, 0.15) is 12.3 Å². The molecule has 6 nitrogen and oxygen atoms in total. The van der Waals surface area contributed by atoms with Gasteiger partial charge in [-0.25, -0.2) is 0 Å². The summed E-state index contributed by atoms with van der Waals surface area (Å²) in [5.74, 6) is 1.44. The Morgan fingerprint density at radius 1 is 1.17 bits per heavy atom. The van der Waals surface area contributed by atoms with Crippen molar-refractivity contribution in [3.05, 3.63) is 52.1 Å². The van der Waals surface area contributed by atoms with Crippen LogP contribution in [0.3, 0.4) is 0 Å². The number of hydrogen-bond donors (Lipinski definition) is 2. The molecule has 3 aromatic rings. The number of aliphatic hydroxyl groups excluding tert-OH is 1. The molecule has 0 radical (unpaired) electrons. The summed E-state index contributed by atoms with van der Waals surface area (Å²) in [5.41, 5.74) is 2.10. The number of rotatable bonds is 5. The quantitative estimate of drug-likeness (QED) is 0.562. The van der Waals surface area contributed by atoms with Crippen LogP contribution in [0.4, 0.5) is 11.5 Å². The highest BCUT2D eigenvalue weighted by Crippen LogP contribution is 2.33. The summed E-state index contributed by atoms with van der Waals surface area (Å²) >= 11 is 12.7. The summed E-state index contributed by atoms with van der Waals surface area (Å²) in [6.07, 6.45) is 3.07. The minimum atomic E-state index is -0.225. The van der Waals surface area contributed by atoms with Gasteiger partial charge in [-0.05, 0) is 43.2 Å². The van der Waals surface area contributed by atoms with Crippen LogP contribution in [0.2, 0.25) is 10.0 Å². The molecule has 0 saturated carbocycles. The second-order valence-electron chi connectivity index (χ2n) is 7.21. The number of methoxy groups -OCH3 is 1. The first-order chi connectivity index (χ1) is 14.0. The van der Waals surface area contributed by atoms with E-state index in [0.717, 1.165) is 53.8 Å². The molecule has 9 heteroatoms. The van der Waals surface area contributed by atoms with Gasteiger partial charge in [0, 0.05) is 34.7 Å². The Labute approximate surface area is 191 Å². The van der Waals surface area contributed by atoms with Crippen LogP contribution in [0.15, 0.2) is 36.5 Å². The monoisotopic (exact) mass is 468 g/mol. The number of piperidine rings is 1. The molecule has 4 rings (SSSR count). The molecular formula is C21H23Cl3N4O2. The molecule has 1 aromatic heterocycles.